The number of furan rings is 1. The third-order valence-electron chi connectivity index (χ3n) is 5.04. The molecule has 1 N–H and O–H groups in total. The molecule has 0 saturated carbocycles. The normalized spacial score (nSPS) is 11.7. The maximum atomic E-state index is 5.93. The number of anilines is 2. The Morgan fingerprint density at radius 1 is 0.556 bits per heavy atom. The van der Waals surface area contributed by atoms with Gasteiger partial charge in [-0.2, -0.15) is 0 Å². The van der Waals surface area contributed by atoms with E-state index in [-0.39, 0.29) is 0 Å². The van der Waals surface area contributed by atoms with Gasteiger partial charge in [-0.1, -0.05) is 36.4 Å². The average molecular weight is 365 g/mol. The molecule has 6 rings (SSSR count). The van der Waals surface area contributed by atoms with Crippen molar-refractivity contribution in [3.63, 3.8) is 0 Å². The average Bonchev–Trinajstić information content (AvgIpc) is 3.26. The summed E-state index contributed by atoms with van der Waals surface area (Å²) in [5, 5.41) is 8.46. The first-order chi connectivity index (χ1) is 13.3. The lowest BCUT2D eigenvalue weighted by atomic mass is 10.1. The van der Waals surface area contributed by atoms with Crippen LogP contribution in [0.1, 0.15) is 0 Å². The quantitative estimate of drug-likeness (QED) is 0.340. The first-order valence-corrected chi connectivity index (χ1v) is 9.76. The number of benzene rings is 4. The van der Waals surface area contributed by atoms with Gasteiger partial charge in [0.05, 0.1) is 0 Å². The second kappa shape index (κ2) is 5.60. The highest BCUT2D eigenvalue weighted by Gasteiger charge is 2.08. The van der Waals surface area contributed by atoms with Crippen molar-refractivity contribution in [2.75, 3.05) is 5.32 Å². The van der Waals surface area contributed by atoms with Gasteiger partial charge in [-0.15, -0.1) is 11.3 Å². The van der Waals surface area contributed by atoms with E-state index in [0.29, 0.717) is 0 Å². The highest BCUT2D eigenvalue weighted by molar-refractivity contribution is 7.25. The molecule has 4 aromatic carbocycles. The van der Waals surface area contributed by atoms with Gasteiger partial charge in [0.2, 0.25) is 0 Å². The van der Waals surface area contributed by atoms with Crippen LogP contribution in [0.4, 0.5) is 11.4 Å². The van der Waals surface area contributed by atoms with Crippen molar-refractivity contribution in [2.45, 2.75) is 0 Å². The second-order valence-corrected chi connectivity index (χ2v) is 7.83. The van der Waals surface area contributed by atoms with Crippen LogP contribution in [-0.4, -0.2) is 0 Å². The number of fused-ring (bicyclic) bond motifs is 6. The Bertz CT molecular complexity index is 1350. The van der Waals surface area contributed by atoms with E-state index in [2.05, 4.69) is 66.0 Å². The Balaban J connectivity index is 1.46. The van der Waals surface area contributed by atoms with Crippen LogP contribution < -0.4 is 5.32 Å². The van der Waals surface area contributed by atoms with Crippen LogP contribution in [0.15, 0.2) is 89.3 Å². The van der Waals surface area contributed by atoms with Crippen molar-refractivity contribution >= 4 is 64.8 Å². The molecule has 6 aromatic rings. The smallest absolute Gasteiger partial charge is 0.135 e. The molecule has 0 amide bonds. The van der Waals surface area contributed by atoms with Crippen molar-refractivity contribution in [3.05, 3.63) is 84.9 Å². The van der Waals surface area contributed by atoms with Crippen LogP contribution in [0.25, 0.3) is 42.1 Å². The Labute approximate surface area is 159 Å². The molecule has 0 aliphatic carbocycles. The lowest BCUT2D eigenvalue weighted by Crippen LogP contribution is -1.89. The van der Waals surface area contributed by atoms with E-state index in [4.69, 9.17) is 4.42 Å². The fourth-order valence-electron chi connectivity index (χ4n) is 3.77. The molecule has 2 heterocycles. The third kappa shape index (κ3) is 2.32. The zero-order valence-electron chi connectivity index (χ0n) is 14.4. The Morgan fingerprint density at radius 2 is 1.22 bits per heavy atom. The molecule has 128 valence electrons. The molecule has 0 radical (unpaired) electrons. The first-order valence-electron chi connectivity index (χ1n) is 8.95. The number of para-hydroxylation sites is 1. The van der Waals surface area contributed by atoms with E-state index in [9.17, 15) is 0 Å². The summed E-state index contributed by atoms with van der Waals surface area (Å²) in [5.74, 6) is 0. The zero-order valence-corrected chi connectivity index (χ0v) is 15.2. The fourth-order valence-corrected chi connectivity index (χ4v) is 4.86. The standard InChI is InChI=1S/C24H15NOS/c1-3-7-21-17(5-1)19-13-15(9-11-22(19)26-21)25-16-10-12-24-20(14-16)18-6-2-4-8-23(18)27-24/h1-14,25H. The molecule has 3 heteroatoms. The van der Waals surface area contributed by atoms with E-state index in [1.54, 1.807) is 0 Å². The van der Waals surface area contributed by atoms with Gasteiger partial charge in [-0.05, 0) is 48.5 Å². The zero-order chi connectivity index (χ0) is 17.8. The summed E-state index contributed by atoms with van der Waals surface area (Å²) in [6.45, 7) is 0. The van der Waals surface area contributed by atoms with Crippen LogP contribution in [0.2, 0.25) is 0 Å². The van der Waals surface area contributed by atoms with Gasteiger partial charge in [-0.3, -0.25) is 0 Å². The van der Waals surface area contributed by atoms with Crippen molar-refractivity contribution in [2.24, 2.45) is 0 Å². The van der Waals surface area contributed by atoms with Crippen LogP contribution in [-0.2, 0) is 0 Å². The molecule has 2 nitrogen and oxygen atoms in total. The van der Waals surface area contributed by atoms with Crippen LogP contribution in [0.3, 0.4) is 0 Å². The van der Waals surface area contributed by atoms with Gasteiger partial charge in [0.15, 0.2) is 0 Å². The second-order valence-electron chi connectivity index (χ2n) is 6.74. The molecular formula is C24H15NOS. The van der Waals surface area contributed by atoms with Crippen molar-refractivity contribution in [3.8, 4) is 0 Å². The number of hydrogen-bond acceptors (Lipinski definition) is 3. The van der Waals surface area contributed by atoms with Crippen molar-refractivity contribution in [1.29, 1.82) is 0 Å². The Hall–Kier alpha value is -3.30. The molecule has 0 unspecified atom stereocenters. The van der Waals surface area contributed by atoms with Gasteiger partial charge in [0.25, 0.3) is 0 Å². The summed E-state index contributed by atoms with van der Waals surface area (Å²) in [7, 11) is 0. The van der Waals surface area contributed by atoms with Gasteiger partial charge < -0.3 is 9.73 Å². The molecule has 0 aliphatic heterocycles. The lowest BCUT2D eigenvalue weighted by Gasteiger charge is -2.07. The topological polar surface area (TPSA) is 25.2 Å². The van der Waals surface area contributed by atoms with Gasteiger partial charge in [0, 0.05) is 42.3 Å². The highest BCUT2D eigenvalue weighted by Crippen LogP contribution is 2.36. The predicted octanol–water partition coefficient (Wildman–Crippen LogP) is 7.70. The minimum Gasteiger partial charge on any atom is -0.456 e. The van der Waals surface area contributed by atoms with E-state index in [1.165, 1.54) is 20.2 Å². The summed E-state index contributed by atoms with van der Waals surface area (Å²) < 4.78 is 8.57. The van der Waals surface area contributed by atoms with Crippen LogP contribution in [0.5, 0.6) is 0 Å². The van der Waals surface area contributed by atoms with E-state index < -0.39 is 0 Å². The Morgan fingerprint density at radius 3 is 2.15 bits per heavy atom. The van der Waals surface area contributed by atoms with Crippen molar-refractivity contribution < 1.29 is 4.42 Å². The first kappa shape index (κ1) is 14.8. The van der Waals surface area contributed by atoms with E-state index in [1.807, 2.05) is 35.6 Å². The highest BCUT2D eigenvalue weighted by atomic mass is 32.1. The summed E-state index contributed by atoms with van der Waals surface area (Å²) in [6.07, 6.45) is 0. The molecule has 0 fully saturated rings. The SMILES string of the molecule is c1ccc2c(c1)oc1ccc(Nc3ccc4sc5ccccc5c4c3)cc12. The molecule has 0 spiro atoms. The van der Waals surface area contributed by atoms with Crippen molar-refractivity contribution in [1.82, 2.24) is 0 Å². The Kier molecular flexibility index (Phi) is 3.07. The minimum absolute atomic E-state index is 0.918. The molecule has 0 atom stereocenters. The molecule has 0 bridgehead atoms. The van der Waals surface area contributed by atoms with Crippen LogP contribution >= 0.6 is 11.3 Å². The van der Waals surface area contributed by atoms with E-state index >= 15 is 0 Å². The fraction of sp³-hybridized carbons (Fsp3) is 0. The number of nitrogens with one attached hydrogen (secondary N) is 1. The van der Waals surface area contributed by atoms with Gasteiger partial charge >= 0.3 is 0 Å². The van der Waals surface area contributed by atoms with E-state index in [0.717, 1.165) is 33.3 Å². The number of rotatable bonds is 2. The van der Waals surface area contributed by atoms with Gasteiger partial charge in [0.1, 0.15) is 11.2 Å². The molecular weight excluding hydrogens is 350 g/mol. The molecule has 2 aromatic heterocycles. The summed E-state index contributed by atoms with van der Waals surface area (Å²) >= 11 is 1.84. The maximum absolute atomic E-state index is 5.93. The third-order valence-corrected chi connectivity index (χ3v) is 6.19. The number of hydrogen-bond donors (Lipinski definition) is 1. The van der Waals surface area contributed by atoms with Crippen LogP contribution in [0, 0.1) is 0 Å². The summed E-state index contributed by atoms with van der Waals surface area (Å²) in [5.41, 5.74) is 4.00. The monoisotopic (exact) mass is 365 g/mol. The lowest BCUT2D eigenvalue weighted by molar-refractivity contribution is 0.669. The summed E-state index contributed by atoms with van der Waals surface area (Å²) in [6, 6.07) is 29.6. The minimum atomic E-state index is 0.918. The van der Waals surface area contributed by atoms with Gasteiger partial charge in [-0.25, -0.2) is 0 Å². The predicted molar refractivity (Wildman–Crippen MR) is 116 cm³/mol. The summed E-state index contributed by atoms with van der Waals surface area (Å²) in [4.78, 5) is 0. The molecule has 0 saturated heterocycles. The molecule has 27 heavy (non-hydrogen) atoms. The number of thiophene rings is 1. The maximum Gasteiger partial charge on any atom is 0.135 e. The largest absolute Gasteiger partial charge is 0.456 e. The molecule has 0 aliphatic rings.